The Morgan fingerprint density at radius 2 is 1.93 bits per heavy atom. The quantitative estimate of drug-likeness (QED) is 0.327. The molecule has 0 saturated carbocycles. The van der Waals surface area contributed by atoms with Crippen molar-refractivity contribution in [1.29, 1.82) is 0 Å². The van der Waals surface area contributed by atoms with Gasteiger partial charge in [0, 0.05) is 20.1 Å². The SMILES string of the molecule is CN=C(NCCCN1CCC(C)CC1)NCc1cccc(CS(=O)(=O)NC)c1. The molecular weight excluding hydrogens is 374 g/mol. The zero-order valence-electron chi connectivity index (χ0n) is 17.4. The van der Waals surface area contributed by atoms with Crippen molar-refractivity contribution in [3.63, 3.8) is 0 Å². The number of piperidine rings is 1. The largest absolute Gasteiger partial charge is 0.356 e. The first kappa shape index (κ1) is 22.6. The molecule has 0 radical (unpaired) electrons. The van der Waals surface area contributed by atoms with Crippen LogP contribution in [0, 0.1) is 5.92 Å². The summed E-state index contributed by atoms with van der Waals surface area (Å²) >= 11 is 0. The van der Waals surface area contributed by atoms with E-state index in [2.05, 4.69) is 32.2 Å². The third-order valence-corrected chi connectivity index (χ3v) is 6.50. The molecule has 3 N–H and O–H groups in total. The standard InChI is InChI=1S/C20H35N5O2S/c1-17-8-12-25(13-9-17)11-5-10-23-20(21-2)24-15-18-6-4-7-19(14-18)16-28(26,27)22-3/h4,6-7,14,17,22H,5,8-13,15-16H2,1-3H3,(H2,21,23,24). The molecule has 0 amide bonds. The lowest BCUT2D eigenvalue weighted by Crippen LogP contribution is -2.39. The normalized spacial score (nSPS) is 16.9. The molecule has 1 aliphatic heterocycles. The van der Waals surface area contributed by atoms with E-state index in [1.807, 2.05) is 24.3 Å². The van der Waals surface area contributed by atoms with Crippen molar-refractivity contribution in [2.24, 2.45) is 10.9 Å². The molecule has 0 aromatic heterocycles. The maximum atomic E-state index is 11.7. The number of hydrogen-bond acceptors (Lipinski definition) is 4. The van der Waals surface area contributed by atoms with Gasteiger partial charge in [-0.3, -0.25) is 4.99 Å². The molecule has 1 fully saturated rings. The van der Waals surface area contributed by atoms with Gasteiger partial charge in [0.15, 0.2) is 5.96 Å². The zero-order valence-corrected chi connectivity index (χ0v) is 18.2. The Morgan fingerprint density at radius 1 is 1.21 bits per heavy atom. The molecule has 1 aromatic carbocycles. The summed E-state index contributed by atoms with van der Waals surface area (Å²) in [7, 11) is -0.0693. The lowest BCUT2D eigenvalue weighted by atomic mass is 9.99. The summed E-state index contributed by atoms with van der Waals surface area (Å²) in [6, 6.07) is 7.60. The molecule has 1 saturated heterocycles. The van der Waals surface area contributed by atoms with Gasteiger partial charge in [0.25, 0.3) is 0 Å². The number of benzene rings is 1. The Hall–Kier alpha value is -1.64. The second-order valence-corrected chi connectivity index (χ2v) is 9.44. The van der Waals surface area contributed by atoms with Gasteiger partial charge in [-0.1, -0.05) is 31.2 Å². The number of likely N-dealkylation sites (tertiary alicyclic amines) is 1. The zero-order chi connectivity index (χ0) is 20.4. The van der Waals surface area contributed by atoms with Crippen LogP contribution in [0.15, 0.2) is 29.3 Å². The van der Waals surface area contributed by atoms with E-state index in [0.717, 1.165) is 42.5 Å². The highest BCUT2D eigenvalue weighted by atomic mass is 32.2. The molecule has 1 aromatic rings. The summed E-state index contributed by atoms with van der Waals surface area (Å²) in [4.78, 5) is 6.81. The molecule has 7 nitrogen and oxygen atoms in total. The molecule has 0 aliphatic carbocycles. The lowest BCUT2D eigenvalue weighted by Gasteiger charge is -2.30. The van der Waals surface area contributed by atoms with Gasteiger partial charge in [0.1, 0.15) is 0 Å². The second-order valence-electron chi connectivity index (χ2n) is 7.51. The average molecular weight is 410 g/mol. The van der Waals surface area contributed by atoms with Gasteiger partial charge < -0.3 is 15.5 Å². The van der Waals surface area contributed by atoms with Crippen LogP contribution in [0.4, 0.5) is 0 Å². The molecular formula is C20H35N5O2S. The molecule has 1 heterocycles. The van der Waals surface area contributed by atoms with Gasteiger partial charge >= 0.3 is 0 Å². The molecule has 0 bridgehead atoms. The van der Waals surface area contributed by atoms with Gasteiger partial charge in [-0.05, 0) is 63.0 Å². The van der Waals surface area contributed by atoms with Crippen LogP contribution in [0.2, 0.25) is 0 Å². The highest BCUT2D eigenvalue weighted by Gasteiger charge is 2.14. The monoisotopic (exact) mass is 409 g/mol. The van der Waals surface area contributed by atoms with Crippen LogP contribution in [0.3, 0.4) is 0 Å². The molecule has 8 heteroatoms. The number of guanidine groups is 1. The number of nitrogens with one attached hydrogen (secondary N) is 3. The van der Waals surface area contributed by atoms with Gasteiger partial charge in [0.05, 0.1) is 5.75 Å². The van der Waals surface area contributed by atoms with Crippen molar-refractivity contribution in [1.82, 2.24) is 20.3 Å². The molecule has 158 valence electrons. The fraction of sp³-hybridized carbons (Fsp3) is 0.650. The lowest BCUT2D eigenvalue weighted by molar-refractivity contribution is 0.191. The molecule has 0 unspecified atom stereocenters. The highest BCUT2D eigenvalue weighted by molar-refractivity contribution is 7.88. The second kappa shape index (κ2) is 11.4. The number of rotatable bonds is 9. The Labute approximate surface area is 170 Å². The third kappa shape index (κ3) is 8.16. The predicted octanol–water partition coefficient (Wildman–Crippen LogP) is 1.52. The Kier molecular flexibility index (Phi) is 9.21. The first-order valence-electron chi connectivity index (χ1n) is 10.1. The predicted molar refractivity (Wildman–Crippen MR) is 116 cm³/mol. The summed E-state index contributed by atoms with van der Waals surface area (Å²) in [5.74, 6) is 1.62. The van der Waals surface area contributed by atoms with E-state index >= 15 is 0 Å². The van der Waals surface area contributed by atoms with Gasteiger partial charge in [0.2, 0.25) is 10.0 Å². The van der Waals surface area contributed by atoms with Gasteiger partial charge in [-0.15, -0.1) is 0 Å². The maximum Gasteiger partial charge on any atom is 0.215 e. The van der Waals surface area contributed by atoms with E-state index < -0.39 is 10.0 Å². The van der Waals surface area contributed by atoms with Crippen LogP contribution in [0.25, 0.3) is 0 Å². The number of sulfonamides is 1. The minimum atomic E-state index is -3.26. The van der Waals surface area contributed by atoms with Crippen molar-refractivity contribution in [2.45, 2.75) is 38.5 Å². The van der Waals surface area contributed by atoms with Crippen molar-refractivity contribution < 1.29 is 8.42 Å². The Morgan fingerprint density at radius 3 is 2.61 bits per heavy atom. The molecule has 0 atom stereocenters. The van der Waals surface area contributed by atoms with Crippen molar-refractivity contribution in [3.05, 3.63) is 35.4 Å². The van der Waals surface area contributed by atoms with Crippen LogP contribution in [0.5, 0.6) is 0 Å². The summed E-state index contributed by atoms with van der Waals surface area (Å²) < 4.78 is 25.8. The van der Waals surface area contributed by atoms with E-state index in [4.69, 9.17) is 0 Å². The fourth-order valence-electron chi connectivity index (χ4n) is 3.32. The molecule has 1 aliphatic rings. The Balaban J connectivity index is 1.72. The van der Waals surface area contributed by atoms with Crippen LogP contribution in [-0.2, 0) is 22.3 Å². The van der Waals surface area contributed by atoms with Crippen LogP contribution < -0.4 is 15.4 Å². The summed E-state index contributed by atoms with van der Waals surface area (Å²) in [6.45, 7) is 7.37. The van der Waals surface area contributed by atoms with E-state index in [9.17, 15) is 8.42 Å². The maximum absolute atomic E-state index is 11.7. The number of nitrogens with zero attached hydrogens (tertiary/aromatic N) is 2. The number of hydrogen-bond donors (Lipinski definition) is 3. The van der Waals surface area contributed by atoms with Crippen LogP contribution >= 0.6 is 0 Å². The van der Waals surface area contributed by atoms with Gasteiger partial charge in [-0.2, -0.15) is 0 Å². The van der Waals surface area contributed by atoms with Crippen molar-refractivity contribution in [2.75, 3.05) is 40.3 Å². The first-order chi connectivity index (χ1) is 13.4. The van der Waals surface area contributed by atoms with Crippen molar-refractivity contribution >= 4 is 16.0 Å². The minimum absolute atomic E-state index is 0.0143. The van der Waals surface area contributed by atoms with Crippen LogP contribution in [0.1, 0.15) is 37.3 Å². The average Bonchev–Trinajstić information content (AvgIpc) is 2.69. The van der Waals surface area contributed by atoms with Crippen LogP contribution in [-0.4, -0.2) is 59.6 Å². The summed E-state index contributed by atoms with van der Waals surface area (Å²) in [5, 5.41) is 6.65. The van der Waals surface area contributed by atoms with Crippen molar-refractivity contribution in [3.8, 4) is 0 Å². The fourth-order valence-corrected chi connectivity index (χ4v) is 4.09. The first-order valence-corrected chi connectivity index (χ1v) is 11.7. The molecule has 28 heavy (non-hydrogen) atoms. The minimum Gasteiger partial charge on any atom is -0.356 e. The Bertz CT molecular complexity index is 728. The molecule has 2 rings (SSSR count). The topological polar surface area (TPSA) is 85.8 Å². The van der Waals surface area contributed by atoms with E-state index in [0.29, 0.717) is 6.54 Å². The third-order valence-electron chi connectivity index (χ3n) is 5.16. The smallest absolute Gasteiger partial charge is 0.215 e. The molecule has 0 spiro atoms. The van der Waals surface area contributed by atoms with E-state index in [1.165, 1.54) is 33.0 Å². The van der Waals surface area contributed by atoms with E-state index in [1.54, 1.807) is 7.05 Å². The number of aliphatic imine (C=N–C) groups is 1. The van der Waals surface area contributed by atoms with E-state index in [-0.39, 0.29) is 5.75 Å². The summed E-state index contributed by atoms with van der Waals surface area (Å²) in [6.07, 6.45) is 3.71. The van der Waals surface area contributed by atoms with Gasteiger partial charge in [-0.25, -0.2) is 13.1 Å². The summed E-state index contributed by atoms with van der Waals surface area (Å²) in [5.41, 5.74) is 1.79. The highest BCUT2D eigenvalue weighted by Crippen LogP contribution is 2.15.